The van der Waals surface area contributed by atoms with Crippen LogP contribution in [-0.2, 0) is 11.3 Å². The summed E-state index contributed by atoms with van der Waals surface area (Å²) < 4.78 is 7.01. The molecule has 2 aromatic rings. The molecule has 112 valence electrons. The topological polar surface area (TPSA) is 27.1 Å². The Balaban J connectivity index is 0.000000956. The van der Waals surface area contributed by atoms with Crippen molar-refractivity contribution in [2.24, 2.45) is 0 Å². The lowest BCUT2D eigenvalue weighted by Crippen LogP contribution is -2.03. The summed E-state index contributed by atoms with van der Waals surface area (Å²) >= 11 is 6.28. The molecular formula is C16H25ClN2O. The summed E-state index contributed by atoms with van der Waals surface area (Å²) in [6.07, 6.45) is 2.09. The summed E-state index contributed by atoms with van der Waals surface area (Å²) in [6, 6.07) is 1.95. The van der Waals surface area contributed by atoms with Crippen LogP contribution in [0.5, 0.6) is 0 Å². The second-order valence-corrected chi connectivity index (χ2v) is 5.28. The Morgan fingerprint density at radius 3 is 2.55 bits per heavy atom. The summed E-state index contributed by atoms with van der Waals surface area (Å²) in [4.78, 5) is 0. The van der Waals surface area contributed by atoms with Crippen LogP contribution < -0.4 is 0 Å². The lowest BCUT2D eigenvalue weighted by molar-refractivity contribution is 0.184. The highest BCUT2D eigenvalue weighted by atomic mass is 35.5. The average molecular weight is 297 g/mol. The molecule has 0 N–H and O–H groups in total. The SMILES string of the molecule is CC.COCCn1cc2c(C(C)C)c(C)c(Cl)cc2n1. The van der Waals surface area contributed by atoms with Crippen molar-refractivity contribution in [2.75, 3.05) is 13.7 Å². The van der Waals surface area contributed by atoms with Crippen LogP contribution in [0.2, 0.25) is 5.02 Å². The molecule has 0 bridgehead atoms. The molecule has 3 nitrogen and oxygen atoms in total. The number of nitrogens with zero attached hydrogens (tertiary/aromatic N) is 2. The molecule has 2 rings (SSSR count). The molecule has 0 radical (unpaired) electrons. The zero-order valence-electron chi connectivity index (χ0n) is 13.3. The maximum Gasteiger partial charge on any atom is 0.0941 e. The van der Waals surface area contributed by atoms with Gasteiger partial charge in [-0.25, -0.2) is 0 Å². The molecule has 0 aliphatic carbocycles. The second kappa shape index (κ2) is 7.65. The van der Waals surface area contributed by atoms with Crippen molar-refractivity contribution in [1.29, 1.82) is 0 Å². The third-order valence-electron chi connectivity index (χ3n) is 3.21. The first-order valence-electron chi connectivity index (χ1n) is 7.19. The van der Waals surface area contributed by atoms with Crippen LogP contribution in [0.25, 0.3) is 10.9 Å². The van der Waals surface area contributed by atoms with Gasteiger partial charge in [0.05, 0.1) is 18.7 Å². The number of rotatable bonds is 4. The molecule has 1 aromatic heterocycles. The Labute approximate surface area is 126 Å². The molecule has 0 unspecified atom stereocenters. The Morgan fingerprint density at radius 1 is 1.35 bits per heavy atom. The Morgan fingerprint density at radius 2 is 2.00 bits per heavy atom. The zero-order valence-corrected chi connectivity index (χ0v) is 14.1. The molecule has 0 spiro atoms. The van der Waals surface area contributed by atoms with E-state index in [-0.39, 0.29) is 0 Å². The van der Waals surface area contributed by atoms with E-state index in [9.17, 15) is 0 Å². The number of methoxy groups -OCH3 is 1. The first kappa shape index (κ1) is 17.0. The smallest absolute Gasteiger partial charge is 0.0941 e. The van der Waals surface area contributed by atoms with Crippen LogP contribution in [0.15, 0.2) is 12.3 Å². The van der Waals surface area contributed by atoms with Crippen molar-refractivity contribution in [1.82, 2.24) is 9.78 Å². The van der Waals surface area contributed by atoms with E-state index in [1.165, 1.54) is 10.9 Å². The van der Waals surface area contributed by atoms with Crippen molar-refractivity contribution in [2.45, 2.75) is 47.1 Å². The Bertz CT molecular complexity index is 561. The van der Waals surface area contributed by atoms with Crippen LogP contribution in [0, 0.1) is 6.92 Å². The molecule has 0 amide bonds. The lowest BCUT2D eigenvalue weighted by atomic mass is 9.94. The predicted molar refractivity (Wildman–Crippen MR) is 86.8 cm³/mol. The van der Waals surface area contributed by atoms with Gasteiger partial charge < -0.3 is 4.74 Å². The molecule has 4 heteroatoms. The van der Waals surface area contributed by atoms with Gasteiger partial charge in [-0.3, -0.25) is 4.68 Å². The molecule has 0 saturated carbocycles. The first-order chi connectivity index (χ1) is 9.54. The Hall–Kier alpha value is -1.06. The molecule has 20 heavy (non-hydrogen) atoms. The van der Waals surface area contributed by atoms with E-state index >= 15 is 0 Å². The fourth-order valence-corrected chi connectivity index (χ4v) is 2.56. The highest BCUT2D eigenvalue weighted by molar-refractivity contribution is 6.32. The largest absolute Gasteiger partial charge is 0.383 e. The van der Waals surface area contributed by atoms with Crippen molar-refractivity contribution in [3.63, 3.8) is 0 Å². The summed E-state index contributed by atoms with van der Waals surface area (Å²) in [5, 5.41) is 6.54. The van der Waals surface area contributed by atoms with Gasteiger partial charge in [-0.05, 0) is 30.0 Å². The molecule has 1 aromatic carbocycles. The quantitative estimate of drug-likeness (QED) is 0.811. The number of fused-ring (bicyclic) bond motifs is 1. The van der Waals surface area contributed by atoms with E-state index in [0.29, 0.717) is 12.5 Å². The van der Waals surface area contributed by atoms with Gasteiger partial charge in [-0.15, -0.1) is 0 Å². The fraction of sp³-hybridized carbons (Fsp3) is 0.562. The van der Waals surface area contributed by atoms with Crippen LogP contribution in [0.4, 0.5) is 0 Å². The molecule has 0 saturated heterocycles. The van der Waals surface area contributed by atoms with Gasteiger partial charge in [0.2, 0.25) is 0 Å². The summed E-state index contributed by atoms with van der Waals surface area (Å²) in [5.74, 6) is 0.436. The predicted octanol–water partition coefficient (Wildman–Crippen LogP) is 4.79. The molecular weight excluding hydrogens is 272 g/mol. The monoisotopic (exact) mass is 296 g/mol. The normalized spacial score (nSPS) is 10.8. The highest BCUT2D eigenvalue weighted by Crippen LogP contribution is 2.32. The number of hydrogen-bond acceptors (Lipinski definition) is 2. The highest BCUT2D eigenvalue weighted by Gasteiger charge is 2.14. The third-order valence-corrected chi connectivity index (χ3v) is 3.60. The van der Waals surface area contributed by atoms with E-state index in [2.05, 4.69) is 32.1 Å². The molecule has 0 fully saturated rings. The van der Waals surface area contributed by atoms with Gasteiger partial charge in [0.1, 0.15) is 0 Å². The van der Waals surface area contributed by atoms with Crippen LogP contribution in [0.1, 0.15) is 44.7 Å². The summed E-state index contributed by atoms with van der Waals surface area (Å²) in [5.41, 5.74) is 3.41. The first-order valence-corrected chi connectivity index (χ1v) is 7.57. The van der Waals surface area contributed by atoms with Gasteiger partial charge in [0.25, 0.3) is 0 Å². The van der Waals surface area contributed by atoms with Crippen molar-refractivity contribution in [3.8, 4) is 0 Å². The van der Waals surface area contributed by atoms with Gasteiger partial charge in [-0.1, -0.05) is 39.3 Å². The summed E-state index contributed by atoms with van der Waals surface area (Å²) in [7, 11) is 1.70. The number of hydrogen-bond donors (Lipinski definition) is 0. The fourth-order valence-electron chi connectivity index (χ4n) is 2.35. The van der Waals surface area contributed by atoms with Gasteiger partial charge in [0.15, 0.2) is 0 Å². The van der Waals surface area contributed by atoms with Crippen LogP contribution >= 0.6 is 11.6 Å². The standard InChI is InChI=1S/C14H19ClN2O.C2H6/c1-9(2)14-10(3)12(15)7-13-11(14)8-17(16-13)5-6-18-4;1-2/h7-9H,5-6H2,1-4H3;1-2H3. The minimum absolute atomic E-state index is 0.436. The van der Waals surface area contributed by atoms with Crippen LogP contribution in [-0.4, -0.2) is 23.5 Å². The maximum absolute atomic E-state index is 6.28. The number of benzene rings is 1. The third kappa shape index (κ3) is 3.53. The maximum atomic E-state index is 6.28. The van der Waals surface area contributed by atoms with Crippen LogP contribution in [0.3, 0.4) is 0 Å². The van der Waals surface area contributed by atoms with Gasteiger partial charge in [-0.2, -0.15) is 5.10 Å². The lowest BCUT2D eigenvalue weighted by Gasteiger charge is -2.12. The average Bonchev–Trinajstić information content (AvgIpc) is 2.81. The van der Waals surface area contributed by atoms with Crippen molar-refractivity contribution < 1.29 is 4.74 Å². The van der Waals surface area contributed by atoms with E-state index in [1.54, 1.807) is 7.11 Å². The number of halogens is 1. The second-order valence-electron chi connectivity index (χ2n) is 4.87. The molecule has 0 atom stereocenters. The van der Waals surface area contributed by atoms with E-state index in [0.717, 1.165) is 22.6 Å². The van der Waals surface area contributed by atoms with Gasteiger partial charge in [0, 0.05) is 23.7 Å². The minimum Gasteiger partial charge on any atom is -0.383 e. The zero-order chi connectivity index (χ0) is 15.3. The molecule has 0 aliphatic heterocycles. The summed E-state index contributed by atoms with van der Waals surface area (Å²) in [6.45, 7) is 11.9. The number of ether oxygens (including phenoxy) is 1. The van der Waals surface area contributed by atoms with Gasteiger partial charge >= 0.3 is 0 Å². The Kier molecular flexibility index (Phi) is 6.50. The van der Waals surface area contributed by atoms with Crippen molar-refractivity contribution in [3.05, 3.63) is 28.4 Å². The molecule has 0 aliphatic rings. The van der Waals surface area contributed by atoms with Crippen molar-refractivity contribution >= 4 is 22.5 Å². The van der Waals surface area contributed by atoms with E-state index < -0.39 is 0 Å². The van der Waals surface area contributed by atoms with E-state index in [1.807, 2.05) is 24.6 Å². The number of aromatic nitrogens is 2. The van der Waals surface area contributed by atoms with E-state index in [4.69, 9.17) is 16.3 Å². The minimum atomic E-state index is 0.436. The molecule has 1 heterocycles.